The lowest BCUT2D eigenvalue weighted by atomic mass is 10.1. The molecule has 1 atom stereocenters. The van der Waals surface area contributed by atoms with Crippen molar-refractivity contribution in [3.63, 3.8) is 0 Å². The van der Waals surface area contributed by atoms with Crippen LogP contribution in [0.25, 0.3) is 0 Å². The Kier molecular flexibility index (Phi) is 4.72. The topological polar surface area (TPSA) is 30.5 Å². The molecule has 1 N–H and O–H groups in total. The first-order valence-corrected chi connectivity index (χ1v) is 6.80. The molecule has 1 unspecified atom stereocenters. The van der Waals surface area contributed by atoms with E-state index in [2.05, 4.69) is 5.32 Å². The van der Waals surface area contributed by atoms with Gasteiger partial charge in [-0.2, -0.15) is 0 Å². The van der Waals surface area contributed by atoms with Crippen LogP contribution in [0, 0.1) is 5.92 Å². The molecule has 1 saturated carbocycles. The van der Waals surface area contributed by atoms with Gasteiger partial charge in [0.05, 0.1) is 24.9 Å². The minimum Gasteiger partial charge on any atom is -0.492 e. The van der Waals surface area contributed by atoms with Gasteiger partial charge in [0, 0.05) is 12.1 Å². The summed E-state index contributed by atoms with van der Waals surface area (Å²) < 4.78 is 10.9. The van der Waals surface area contributed by atoms with Crippen molar-refractivity contribution in [1.29, 1.82) is 0 Å². The highest BCUT2D eigenvalue weighted by atomic mass is 35.5. The van der Waals surface area contributed by atoms with Gasteiger partial charge in [0.15, 0.2) is 0 Å². The highest BCUT2D eigenvalue weighted by Crippen LogP contribution is 2.36. The van der Waals surface area contributed by atoms with E-state index in [9.17, 15) is 0 Å². The molecule has 1 aromatic carbocycles. The van der Waals surface area contributed by atoms with Crippen LogP contribution in [0.3, 0.4) is 0 Å². The summed E-state index contributed by atoms with van der Waals surface area (Å²) in [6.07, 6.45) is 2.54. The van der Waals surface area contributed by atoms with Gasteiger partial charge in [0.2, 0.25) is 0 Å². The van der Waals surface area contributed by atoms with Crippen LogP contribution in [-0.4, -0.2) is 26.4 Å². The molecule has 0 radical (unpaired) electrons. The van der Waals surface area contributed by atoms with Gasteiger partial charge in [-0.15, -0.1) is 0 Å². The standard InChI is InChI=1S/C14H20ClNO2/c1-3-18-14-7-6-11(15)8-12(14)16-13(9-17-2)10-4-5-10/h6-8,10,13,16H,3-5,9H2,1-2H3. The fourth-order valence-electron chi connectivity index (χ4n) is 2.07. The highest BCUT2D eigenvalue weighted by molar-refractivity contribution is 6.30. The third kappa shape index (κ3) is 3.53. The molecule has 1 aromatic rings. The molecule has 0 heterocycles. The summed E-state index contributed by atoms with van der Waals surface area (Å²) in [6, 6.07) is 6.01. The maximum atomic E-state index is 6.05. The lowest BCUT2D eigenvalue weighted by Gasteiger charge is -2.21. The maximum absolute atomic E-state index is 6.05. The van der Waals surface area contributed by atoms with E-state index in [1.807, 2.05) is 25.1 Å². The number of hydrogen-bond acceptors (Lipinski definition) is 3. The summed E-state index contributed by atoms with van der Waals surface area (Å²) in [6.45, 7) is 3.34. The number of anilines is 1. The van der Waals surface area contributed by atoms with Gasteiger partial charge in [0.1, 0.15) is 5.75 Å². The van der Waals surface area contributed by atoms with E-state index in [0.717, 1.165) is 11.4 Å². The van der Waals surface area contributed by atoms with Crippen molar-refractivity contribution in [2.24, 2.45) is 5.92 Å². The van der Waals surface area contributed by atoms with Gasteiger partial charge >= 0.3 is 0 Å². The van der Waals surface area contributed by atoms with E-state index in [4.69, 9.17) is 21.1 Å². The molecule has 1 fully saturated rings. The zero-order chi connectivity index (χ0) is 13.0. The molecule has 2 rings (SSSR count). The summed E-state index contributed by atoms with van der Waals surface area (Å²) in [5.41, 5.74) is 0.957. The van der Waals surface area contributed by atoms with Gasteiger partial charge in [-0.1, -0.05) is 11.6 Å². The van der Waals surface area contributed by atoms with Crippen molar-refractivity contribution < 1.29 is 9.47 Å². The van der Waals surface area contributed by atoms with Crippen LogP contribution in [0.4, 0.5) is 5.69 Å². The summed E-state index contributed by atoms with van der Waals surface area (Å²) in [5.74, 6) is 1.56. The Labute approximate surface area is 113 Å². The second-order valence-electron chi connectivity index (χ2n) is 4.62. The van der Waals surface area contributed by atoms with E-state index in [1.54, 1.807) is 7.11 Å². The first kappa shape index (κ1) is 13.5. The first-order chi connectivity index (χ1) is 8.74. The van der Waals surface area contributed by atoms with E-state index >= 15 is 0 Å². The summed E-state index contributed by atoms with van der Waals surface area (Å²) in [4.78, 5) is 0. The summed E-state index contributed by atoms with van der Waals surface area (Å²) in [7, 11) is 1.73. The van der Waals surface area contributed by atoms with E-state index in [-0.39, 0.29) is 0 Å². The van der Waals surface area contributed by atoms with Crippen LogP contribution >= 0.6 is 11.6 Å². The number of hydrogen-bond donors (Lipinski definition) is 1. The maximum Gasteiger partial charge on any atom is 0.142 e. The van der Waals surface area contributed by atoms with E-state index < -0.39 is 0 Å². The molecule has 1 aliphatic carbocycles. The molecular formula is C14H20ClNO2. The van der Waals surface area contributed by atoms with Crippen LogP contribution in [-0.2, 0) is 4.74 Å². The Morgan fingerprint density at radius 1 is 1.44 bits per heavy atom. The Balaban J connectivity index is 2.11. The lowest BCUT2D eigenvalue weighted by Crippen LogP contribution is -2.27. The normalized spacial score (nSPS) is 16.4. The quantitative estimate of drug-likeness (QED) is 0.821. The molecule has 3 nitrogen and oxygen atoms in total. The van der Waals surface area contributed by atoms with Gasteiger partial charge in [-0.25, -0.2) is 0 Å². The molecule has 0 aromatic heterocycles. The molecule has 0 aliphatic heterocycles. The second kappa shape index (κ2) is 6.30. The predicted molar refractivity (Wildman–Crippen MR) is 74.6 cm³/mol. The van der Waals surface area contributed by atoms with Gasteiger partial charge in [-0.05, 0) is 43.9 Å². The molecular weight excluding hydrogens is 250 g/mol. The fraction of sp³-hybridized carbons (Fsp3) is 0.571. The van der Waals surface area contributed by atoms with Crippen molar-refractivity contribution in [1.82, 2.24) is 0 Å². The van der Waals surface area contributed by atoms with E-state index in [1.165, 1.54) is 12.8 Å². The van der Waals surface area contributed by atoms with Crippen LogP contribution in [0.15, 0.2) is 18.2 Å². The molecule has 100 valence electrons. The molecule has 1 aliphatic rings. The molecule has 0 bridgehead atoms. The Bertz CT molecular complexity index is 393. The average molecular weight is 270 g/mol. The minimum absolute atomic E-state index is 0.340. The third-order valence-corrected chi connectivity index (χ3v) is 3.35. The van der Waals surface area contributed by atoms with Gasteiger partial charge < -0.3 is 14.8 Å². The lowest BCUT2D eigenvalue weighted by molar-refractivity contribution is 0.179. The van der Waals surface area contributed by atoms with Gasteiger partial charge in [-0.3, -0.25) is 0 Å². The smallest absolute Gasteiger partial charge is 0.142 e. The second-order valence-corrected chi connectivity index (χ2v) is 5.05. The third-order valence-electron chi connectivity index (χ3n) is 3.12. The Hall–Kier alpha value is -0.930. The van der Waals surface area contributed by atoms with Crippen molar-refractivity contribution in [3.8, 4) is 5.75 Å². The van der Waals surface area contributed by atoms with Crippen LogP contribution < -0.4 is 10.1 Å². The molecule has 0 amide bonds. The average Bonchev–Trinajstić information content (AvgIpc) is 3.16. The largest absolute Gasteiger partial charge is 0.492 e. The SMILES string of the molecule is CCOc1ccc(Cl)cc1NC(COC)C1CC1. The minimum atomic E-state index is 0.340. The number of benzene rings is 1. The summed E-state index contributed by atoms with van der Waals surface area (Å²) >= 11 is 6.05. The summed E-state index contributed by atoms with van der Waals surface area (Å²) in [5, 5.41) is 4.22. The number of halogens is 1. The van der Waals surface area contributed by atoms with Crippen LogP contribution in [0.1, 0.15) is 19.8 Å². The van der Waals surface area contributed by atoms with Crippen molar-refractivity contribution in [2.75, 3.05) is 25.6 Å². The number of nitrogens with one attached hydrogen (secondary N) is 1. The Morgan fingerprint density at radius 3 is 2.83 bits per heavy atom. The monoisotopic (exact) mass is 269 g/mol. The zero-order valence-corrected chi connectivity index (χ0v) is 11.7. The van der Waals surface area contributed by atoms with Crippen molar-refractivity contribution in [3.05, 3.63) is 23.2 Å². The van der Waals surface area contributed by atoms with Crippen LogP contribution in [0.2, 0.25) is 5.02 Å². The molecule has 0 spiro atoms. The Morgan fingerprint density at radius 2 is 2.22 bits per heavy atom. The predicted octanol–water partition coefficient (Wildman–Crippen LogP) is 3.58. The molecule has 4 heteroatoms. The zero-order valence-electron chi connectivity index (χ0n) is 10.9. The molecule has 18 heavy (non-hydrogen) atoms. The number of rotatable bonds is 7. The fourth-order valence-corrected chi connectivity index (χ4v) is 2.24. The highest BCUT2D eigenvalue weighted by Gasteiger charge is 2.31. The van der Waals surface area contributed by atoms with Crippen LogP contribution in [0.5, 0.6) is 5.75 Å². The van der Waals surface area contributed by atoms with Crippen molar-refractivity contribution >= 4 is 17.3 Å². The number of ether oxygens (including phenoxy) is 2. The van der Waals surface area contributed by atoms with Crippen molar-refractivity contribution in [2.45, 2.75) is 25.8 Å². The van der Waals surface area contributed by atoms with E-state index in [0.29, 0.717) is 30.2 Å². The number of methoxy groups -OCH3 is 1. The van der Waals surface area contributed by atoms with Gasteiger partial charge in [0.25, 0.3) is 0 Å². The molecule has 0 saturated heterocycles. The first-order valence-electron chi connectivity index (χ1n) is 6.42.